The van der Waals surface area contributed by atoms with Crippen molar-refractivity contribution >= 4 is 28.7 Å². The van der Waals surface area contributed by atoms with Crippen LogP contribution in [0.15, 0.2) is 42.5 Å². The molecule has 1 aliphatic heterocycles. The second kappa shape index (κ2) is 5.88. The lowest BCUT2D eigenvalue weighted by Crippen LogP contribution is -2.19. The molecule has 2 aromatic carbocycles. The summed E-state index contributed by atoms with van der Waals surface area (Å²) in [4.78, 5) is 0. The van der Waals surface area contributed by atoms with Crippen LogP contribution < -0.4 is 24.8 Å². The Kier molecular flexibility index (Phi) is 3.79. The molecule has 0 bridgehead atoms. The number of para-hydroxylation sites is 2. The Morgan fingerprint density at radius 2 is 1.90 bits per heavy atom. The third-order valence-corrected chi connectivity index (χ3v) is 3.19. The van der Waals surface area contributed by atoms with Gasteiger partial charge in [-0.3, -0.25) is 0 Å². The largest absolute Gasteiger partial charge is 0.495 e. The van der Waals surface area contributed by atoms with E-state index in [4.69, 9.17) is 26.4 Å². The molecule has 1 aliphatic rings. The molecule has 0 saturated carbocycles. The van der Waals surface area contributed by atoms with Gasteiger partial charge in [-0.2, -0.15) is 0 Å². The van der Waals surface area contributed by atoms with Gasteiger partial charge in [0.15, 0.2) is 16.6 Å². The maximum absolute atomic E-state index is 5.33. The van der Waals surface area contributed by atoms with E-state index in [0.717, 1.165) is 22.9 Å². The fourth-order valence-electron chi connectivity index (χ4n) is 2.01. The normalized spacial score (nSPS) is 11.9. The maximum Gasteiger partial charge on any atom is 0.231 e. The number of anilines is 2. The van der Waals surface area contributed by atoms with Gasteiger partial charge in [-0.15, -0.1) is 0 Å². The molecule has 0 fully saturated rings. The summed E-state index contributed by atoms with van der Waals surface area (Å²) in [6, 6.07) is 13.1. The molecule has 0 unspecified atom stereocenters. The van der Waals surface area contributed by atoms with Crippen molar-refractivity contribution in [3.8, 4) is 17.2 Å². The van der Waals surface area contributed by atoms with Gasteiger partial charge in [-0.1, -0.05) is 12.1 Å². The van der Waals surface area contributed by atoms with Crippen molar-refractivity contribution in [3.63, 3.8) is 0 Å². The Morgan fingerprint density at radius 3 is 2.76 bits per heavy atom. The summed E-state index contributed by atoms with van der Waals surface area (Å²) in [6.07, 6.45) is 0. The third kappa shape index (κ3) is 3.00. The Labute approximate surface area is 127 Å². The first kappa shape index (κ1) is 13.5. The van der Waals surface area contributed by atoms with Gasteiger partial charge in [0, 0.05) is 11.8 Å². The summed E-state index contributed by atoms with van der Waals surface area (Å²) in [6.45, 7) is 0.253. The molecule has 1 heterocycles. The number of ether oxygens (including phenoxy) is 3. The molecule has 0 amide bonds. The Bertz CT molecular complexity index is 676. The number of hydrogen-bond acceptors (Lipinski definition) is 4. The number of benzene rings is 2. The van der Waals surface area contributed by atoms with Crippen molar-refractivity contribution < 1.29 is 14.2 Å². The van der Waals surface area contributed by atoms with Crippen LogP contribution in [-0.4, -0.2) is 19.0 Å². The highest BCUT2D eigenvalue weighted by molar-refractivity contribution is 7.80. The van der Waals surface area contributed by atoms with Crippen LogP contribution in [0, 0.1) is 0 Å². The fraction of sp³-hybridized carbons (Fsp3) is 0.133. The third-order valence-electron chi connectivity index (χ3n) is 2.99. The van der Waals surface area contributed by atoms with Crippen LogP contribution in [0.2, 0.25) is 0 Å². The van der Waals surface area contributed by atoms with Crippen molar-refractivity contribution in [3.05, 3.63) is 42.5 Å². The van der Waals surface area contributed by atoms with Gasteiger partial charge in [0.1, 0.15) is 5.75 Å². The molecule has 0 aliphatic carbocycles. The molecule has 0 aromatic heterocycles. The van der Waals surface area contributed by atoms with E-state index in [2.05, 4.69) is 10.6 Å². The highest BCUT2D eigenvalue weighted by Crippen LogP contribution is 2.34. The first-order chi connectivity index (χ1) is 10.3. The second-order valence-corrected chi connectivity index (χ2v) is 4.76. The summed E-state index contributed by atoms with van der Waals surface area (Å²) in [5, 5.41) is 6.67. The minimum absolute atomic E-state index is 0.253. The van der Waals surface area contributed by atoms with Crippen LogP contribution in [-0.2, 0) is 0 Å². The average Bonchev–Trinajstić information content (AvgIpc) is 2.95. The quantitative estimate of drug-likeness (QED) is 0.849. The van der Waals surface area contributed by atoms with Gasteiger partial charge >= 0.3 is 0 Å². The molecule has 0 radical (unpaired) electrons. The SMILES string of the molecule is COc1ccccc1NC(=S)Nc1ccc2c(c1)OCO2. The van der Waals surface area contributed by atoms with E-state index < -0.39 is 0 Å². The van der Waals surface area contributed by atoms with Crippen molar-refractivity contribution in [2.24, 2.45) is 0 Å². The van der Waals surface area contributed by atoms with Gasteiger partial charge in [-0.05, 0) is 36.5 Å². The van der Waals surface area contributed by atoms with Crippen molar-refractivity contribution in [1.29, 1.82) is 0 Å². The van der Waals surface area contributed by atoms with Crippen molar-refractivity contribution in [2.45, 2.75) is 0 Å². The predicted octanol–water partition coefficient (Wildman–Crippen LogP) is 3.23. The number of hydrogen-bond donors (Lipinski definition) is 2. The monoisotopic (exact) mass is 302 g/mol. The van der Waals surface area contributed by atoms with E-state index in [1.54, 1.807) is 7.11 Å². The van der Waals surface area contributed by atoms with E-state index >= 15 is 0 Å². The summed E-state index contributed by atoms with van der Waals surface area (Å²) in [7, 11) is 1.62. The van der Waals surface area contributed by atoms with Gasteiger partial charge in [0.05, 0.1) is 12.8 Å². The molecule has 2 N–H and O–H groups in total. The first-order valence-electron chi connectivity index (χ1n) is 6.37. The fourth-order valence-corrected chi connectivity index (χ4v) is 2.23. The topological polar surface area (TPSA) is 51.8 Å². The van der Waals surface area contributed by atoms with Gasteiger partial charge < -0.3 is 24.8 Å². The smallest absolute Gasteiger partial charge is 0.231 e. The first-order valence-corrected chi connectivity index (χ1v) is 6.78. The van der Waals surface area contributed by atoms with Gasteiger partial charge in [0.2, 0.25) is 6.79 Å². The Morgan fingerprint density at radius 1 is 1.10 bits per heavy atom. The molecule has 0 atom stereocenters. The van der Waals surface area contributed by atoms with Crippen LogP contribution in [0.1, 0.15) is 0 Å². The Hall–Kier alpha value is -2.47. The minimum Gasteiger partial charge on any atom is -0.495 e. The lowest BCUT2D eigenvalue weighted by molar-refractivity contribution is 0.174. The van der Waals surface area contributed by atoms with Crippen molar-refractivity contribution in [2.75, 3.05) is 24.5 Å². The molecular weight excluding hydrogens is 288 g/mol. The maximum atomic E-state index is 5.33. The number of rotatable bonds is 3. The van der Waals surface area contributed by atoms with Crippen molar-refractivity contribution in [1.82, 2.24) is 0 Å². The van der Waals surface area contributed by atoms with Crippen LogP contribution in [0.4, 0.5) is 11.4 Å². The molecule has 5 nitrogen and oxygen atoms in total. The highest BCUT2D eigenvalue weighted by atomic mass is 32.1. The zero-order valence-electron chi connectivity index (χ0n) is 11.4. The number of fused-ring (bicyclic) bond motifs is 1. The predicted molar refractivity (Wildman–Crippen MR) is 85.4 cm³/mol. The molecule has 3 rings (SSSR count). The van der Waals surface area contributed by atoms with E-state index in [1.165, 1.54) is 0 Å². The van der Waals surface area contributed by atoms with E-state index in [9.17, 15) is 0 Å². The number of thiocarbonyl (C=S) groups is 1. The molecule has 6 heteroatoms. The summed E-state index contributed by atoms with van der Waals surface area (Å²) < 4.78 is 15.9. The van der Waals surface area contributed by atoms with Gasteiger partial charge in [0.25, 0.3) is 0 Å². The molecular formula is C15H14N2O3S. The van der Waals surface area contributed by atoms with Crippen LogP contribution >= 0.6 is 12.2 Å². The van der Waals surface area contributed by atoms with Crippen LogP contribution in [0.5, 0.6) is 17.2 Å². The van der Waals surface area contributed by atoms with E-state index in [1.807, 2.05) is 42.5 Å². The lowest BCUT2D eigenvalue weighted by Gasteiger charge is -2.13. The molecule has 2 aromatic rings. The average molecular weight is 302 g/mol. The Balaban J connectivity index is 1.69. The van der Waals surface area contributed by atoms with Gasteiger partial charge in [-0.25, -0.2) is 0 Å². The molecule has 21 heavy (non-hydrogen) atoms. The molecule has 0 spiro atoms. The molecule has 108 valence electrons. The summed E-state index contributed by atoms with van der Waals surface area (Å²) >= 11 is 5.30. The number of nitrogens with one attached hydrogen (secondary N) is 2. The lowest BCUT2D eigenvalue weighted by atomic mass is 10.3. The summed E-state index contributed by atoms with van der Waals surface area (Å²) in [5.74, 6) is 2.18. The standard InChI is InChI=1S/C15H14N2O3S/c1-18-12-5-3-2-4-11(12)17-15(21)16-10-6-7-13-14(8-10)20-9-19-13/h2-8H,9H2,1H3,(H2,16,17,21). The van der Waals surface area contributed by atoms with Crippen LogP contribution in [0.25, 0.3) is 0 Å². The highest BCUT2D eigenvalue weighted by Gasteiger charge is 2.13. The molecule has 0 saturated heterocycles. The number of methoxy groups -OCH3 is 1. The van der Waals surface area contributed by atoms with Crippen LogP contribution in [0.3, 0.4) is 0 Å². The van der Waals surface area contributed by atoms with E-state index in [0.29, 0.717) is 10.9 Å². The minimum atomic E-state index is 0.253. The zero-order valence-corrected chi connectivity index (χ0v) is 12.2. The van der Waals surface area contributed by atoms with E-state index in [-0.39, 0.29) is 6.79 Å². The zero-order chi connectivity index (χ0) is 14.7. The summed E-state index contributed by atoms with van der Waals surface area (Å²) in [5.41, 5.74) is 1.63. The second-order valence-electron chi connectivity index (χ2n) is 4.35.